The minimum atomic E-state index is -0.00567. The first-order valence-corrected chi connectivity index (χ1v) is 6.11. The summed E-state index contributed by atoms with van der Waals surface area (Å²) >= 11 is 5.05. The smallest absolute Gasteiger partial charge is 0.241 e. The van der Waals surface area contributed by atoms with Crippen LogP contribution < -0.4 is 20.9 Å². The van der Waals surface area contributed by atoms with Crippen LogP contribution in [0.4, 0.5) is 5.69 Å². The van der Waals surface area contributed by atoms with Gasteiger partial charge in [-0.1, -0.05) is 0 Å². The summed E-state index contributed by atoms with van der Waals surface area (Å²) in [5, 5.41) is 3.31. The highest BCUT2D eigenvalue weighted by atomic mass is 32.1. The van der Waals surface area contributed by atoms with Crippen molar-refractivity contribution in [2.24, 2.45) is 5.92 Å². The fourth-order valence-electron chi connectivity index (χ4n) is 1.40. The number of carbonyl (C=O) groups is 1. The third-order valence-corrected chi connectivity index (χ3v) is 2.80. The molecule has 3 N–H and O–H groups in total. The number of hydrazine groups is 1. The highest BCUT2D eigenvalue weighted by molar-refractivity contribution is 7.80. The molecule has 0 aromatic heterocycles. The fourth-order valence-corrected chi connectivity index (χ4v) is 1.57. The van der Waals surface area contributed by atoms with E-state index >= 15 is 0 Å². The normalized spacial score (nSPS) is 13.6. The van der Waals surface area contributed by atoms with Crippen molar-refractivity contribution >= 4 is 28.9 Å². The van der Waals surface area contributed by atoms with Gasteiger partial charge in [0, 0.05) is 11.6 Å². The van der Waals surface area contributed by atoms with Gasteiger partial charge in [-0.05, 0) is 49.3 Å². The van der Waals surface area contributed by atoms with E-state index in [1.54, 1.807) is 7.11 Å². The fraction of sp³-hybridized carbons (Fsp3) is 0.333. The maximum absolute atomic E-state index is 11.4. The number of methoxy groups -OCH3 is 1. The van der Waals surface area contributed by atoms with Gasteiger partial charge in [0.25, 0.3) is 0 Å². The molecule has 18 heavy (non-hydrogen) atoms. The van der Waals surface area contributed by atoms with Gasteiger partial charge in [0.2, 0.25) is 5.91 Å². The molecule has 0 spiro atoms. The summed E-state index contributed by atoms with van der Waals surface area (Å²) in [6.07, 6.45) is 1.93. The largest absolute Gasteiger partial charge is 0.497 e. The van der Waals surface area contributed by atoms with E-state index in [1.165, 1.54) is 0 Å². The third kappa shape index (κ3) is 3.59. The summed E-state index contributed by atoms with van der Waals surface area (Å²) in [6.45, 7) is 0. The molecule has 1 saturated carbocycles. The quantitative estimate of drug-likeness (QED) is 0.570. The average Bonchev–Trinajstić information content (AvgIpc) is 3.21. The van der Waals surface area contributed by atoms with E-state index in [0.29, 0.717) is 5.11 Å². The number of nitrogens with one attached hydrogen (secondary N) is 3. The van der Waals surface area contributed by atoms with Crippen LogP contribution in [0.5, 0.6) is 5.75 Å². The van der Waals surface area contributed by atoms with Gasteiger partial charge in [-0.3, -0.25) is 15.6 Å². The first kappa shape index (κ1) is 12.6. The molecular weight excluding hydrogens is 250 g/mol. The Labute approximate surface area is 111 Å². The van der Waals surface area contributed by atoms with Crippen molar-refractivity contribution in [2.45, 2.75) is 12.8 Å². The van der Waals surface area contributed by atoms with Crippen LogP contribution in [0.3, 0.4) is 0 Å². The minimum Gasteiger partial charge on any atom is -0.497 e. The van der Waals surface area contributed by atoms with Crippen molar-refractivity contribution < 1.29 is 9.53 Å². The van der Waals surface area contributed by atoms with Gasteiger partial charge in [0.05, 0.1) is 7.11 Å². The van der Waals surface area contributed by atoms with E-state index in [0.717, 1.165) is 24.3 Å². The maximum Gasteiger partial charge on any atom is 0.241 e. The molecule has 1 fully saturated rings. The number of hydrogen-bond acceptors (Lipinski definition) is 3. The molecule has 1 amide bonds. The first-order valence-electron chi connectivity index (χ1n) is 5.70. The molecule has 1 aliphatic rings. The second kappa shape index (κ2) is 5.68. The standard InChI is InChI=1S/C12H15N3O2S/c1-17-10-6-4-9(5-7-10)13-12(18)15-14-11(16)8-2-3-8/h4-8H,2-3H2,1H3,(H,14,16)(H2,13,15,18). The number of hydrogen-bond donors (Lipinski definition) is 3. The molecule has 0 bridgehead atoms. The molecule has 0 heterocycles. The summed E-state index contributed by atoms with van der Waals surface area (Å²) in [5.41, 5.74) is 6.07. The van der Waals surface area contributed by atoms with E-state index in [1.807, 2.05) is 24.3 Å². The number of anilines is 1. The van der Waals surface area contributed by atoms with Crippen LogP contribution >= 0.6 is 12.2 Å². The van der Waals surface area contributed by atoms with Gasteiger partial charge in [-0.15, -0.1) is 0 Å². The van der Waals surface area contributed by atoms with Crippen molar-refractivity contribution in [3.8, 4) is 5.75 Å². The predicted molar refractivity (Wildman–Crippen MR) is 73.2 cm³/mol. The van der Waals surface area contributed by atoms with E-state index in [2.05, 4.69) is 16.2 Å². The number of amides is 1. The van der Waals surface area contributed by atoms with E-state index < -0.39 is 0 Å². The summed E-state index contributed by atoms with van der Waals surface area (Å²) in [7, 11) is 1.61. The number of benzene rings is 1. The van der Waals surface area contributed by atoms with Crippen LogP contribution in [0, 0.1) is 5.92 Å². The SMILES string of the molecule is COc1ccc(NC(=S)NNC(=O)C2CC2)cc1. The Kier molecular flexibility index (Phi) is 3.99. The molecule has 0 unspecified atom stereocenters. The van der Waals surface area contributed by atoms with Crippen LogP contribution in [0.25, 0.3) is 0 Å². The highest BCUT2D eigenvalue weighted by Crippen LogP contribution is 2.28. The molecule has 0 atom stereocenters. The summed E-state index contributed by atoms with van der Waals surface area (Å²) < 4.78 is 5.05. The van der Waals surface area contributed by atoms with Gasteiger partial charge in [0.15, 0.2) is 5.11 Å². The molecular formula is C12H15N3O2S. The molecule has 0 saturated heterocycles. The minimum absolute atomic E-state index is 0.00567. The molecule has 1 aromatic rings. The zero-order chi connectivity index (χ0) is 13.0. The Bertz CT molecular complexity index is 443. The van der Waals surface area contributed by atoms with Crippen molar-refractivity contribution in [1.82, 2.24) is 10.9 Å². The second-order valence-corrected chi connectivity index (χ2v) is 4.48. The molecule has 5 nitrogen and oxygen atoms in total. The zero-order valence-corrected chi connectivity index (χ0v) is 10.8. The highest BCUT2D eigenvalue weighted by Gasteiger charge is 2.29. The molecule has 1 aliphatic carbocycles. The molecule has 96 valence electrons. The Morgan fingerprint density at radius 3 is 2.50 bits per heavy atom. The van der Waals surface area contributed by atoms with Gasteiger partial charge in [-0.2, -0.15) is 0 Å². The van der Waals surface area contributed by atoms with Crippen LogP contribution in [0.2, 0.25) is 0 Å². The van der Waals surface area contributed by atoms with Crippen molar-refractivity contribution in [1.29, 1.82) is 0 Å². The van der Waals surface area contributed by atoms with Crippen LogP contribution in [0.15, 0.2) is 24.3 Å². The first-order chi connectivity index (χ1) is 8.69. The lowest BCUT2D eigenvalue weighted by molar-refractivity contribution is -0.122. The van der Waals surface area contributed by atoms with Crippen LogP contribution in [-0.2, 0) is 4.79 Å². The Morgan fingerprint density at radius 2 is 1.94 bits per heavy atom. The van der Waals surface area contributed by atoms with Gasteiger partial charge in [-0.25, -0.2) is 0 Å². The number of carbonyl (C=O) groups excluding carboxylic acids is 1. The summed E-state index contributed by atoms with van der Waals surface area (Å²) in [6, 6.07) is 7.34. The molecule has 0 radical (unpaired) electrons. The van der Waals surface area contributed by atoms with Gasteiger partial charge < -0.3 is 10.1 Å². The second-order valence-electron chi connectivity index (χ2n) is 4.07. The van der Waals surface area contributed by atoms with Crippen LogP contribution in [0.1, 0.15) is 12.8 Å². The summed E-state index contributed by atoms with van der Waals surface area (Å²) in [4.78, 5) is 11.4. The maximum atomic E-state index is 11.4. The topological polar surface area (TPSA) is 62.4 Å². The van der Waals surface area contributed by atoms with Crippen molar-refractivity contribution in [3.05, 3.63) is 24.3 Å². The predicted octanol–water partition coefficient (Wildman–Crippen LogP) is 1.42. The van der Waals surface area contributed by atoms with Crippen LogP contribution in [-0.4, -0.2) is 18.1 Å². The van der Waals surface area contributed by atoms with Crippen molar-refractivity contribution in [3.63, 3.8) is 0 Å². The van der Waals surface area contributed by atoms with E-state index in [9.17, 15) is 4.79 Å². The molecule has 0 aliphatic heterocycles. The Hall–Kier alpha value is -1.82. The average molecular weight is 265 g/mol. The molecule has 6 heteroatoms. The lowest BCUT2D eigenvalue weighted by atomic mass is 10.3. The lowest BCUT2D eigenvalue weighted by Crippen LogP contribution is -2.44. The number of rotatable bonds is 3. The zero-order valence-electron chi connectivity index (χ0n) is 10.0. The van der Waals surface area contributed by atoms with Gasteiger partial charge in [0.1, 0.15) is 5.75 Å². The molecule has 1 aromatic carbocycles. The summed E-state index contributed by atoms with van der Waals surface area (Å²) in [5.74, 6) is 0.927. The number of thiocarbonyl (C=S) groups is 1. The Balaban J connectivity index is 1.77. The monoisotopic (exact) mass is 265 g/mol. The number of ether oxygens (including phenoxy) is 1. The Morgan fingerprint density at radius 1 is 1.28 bits per heavy atom. The third-order valence-electron chi connectivity index (χ3n) is 2.60. The van der Waals surface area contributed by atoms with E-state index in [4.69, 9.17) is 17.0 Å². The lowest BCUT2D eigenvalue weighted by Gasteiger charge is -2.11. The van der Waals surface area contributed by atoms with E-state index in [-0.39, 0.29) is 11.8 Å². The van der Waals surface area contributed by atoms with Crippen molar-refractivity contribution in [2.75, 3.05) is 12.4 Å². The van der Waals surface area contributed by atoms with Gasteiger partial charge >= 0.3 is 0 Å². The molecule has 2 rings (SSSR count).